The molecule has 2 atom stereocenters. The molecule has 0 aliphatic carbocycles. The number of para-hydroxylation sites is 1. The fourth-order valence-corrected chi connectivity index (χ4v) is 5.92. The zero-order chi connectivity index (χ0) is 24.9. The number of rotatable bonds is 4. The summed E-state index contributed by atoms with van der Waals surface area (Å²) in [6, 6.07) is 14.5. The number of hydrogen-bond donors (Lipinski definition) is 2. The van der Waals surface area contributed by atoms with Crippen LogP contribution in [0.1, 0.15) is 40.8 Å². The van der Waals surface area contributed by atoms with Gasteiger partial charge < -0.3 is 30.2 Å². The van der Waals surface area contributed by atoms with E-state index in [2.05, 4.69) is 55.1 Å². The van der Waals surface area contributed by atoms with E-state index in [0.29, 0.717) is 25.3 Å². The zero-order valence-electron chi connectivity index (χ0n) is 20.5. The van der Waals surface area contributed by atoms with Crippen molar-refractivity contribution in [3.63, 3.8) is 0 Å². The van der Waals surface area contributed by atoms with Crippen LogP contribution in [0.3, 0.4) is 0 Å². The molecular formula is C28H29N7O2. The fourth-order valence-electron chi connectivity index (χ4n) is 5.92. The van der Waals surface area contributed by atoms with Crippen LogP contribution in [0.15, 0.2) is 61.1 Å². The van der Waals surface area contributed by atoms with Gasteiger partial charge in [0, 0.05) is 48.0 Å². The van der Waals surface area contributed by atoms with Gasteiger partial charge in [-0.3, -0.25) is 14.8 Å². The number of hydrogen-bond acceptors (Lipinski definition) is 7. The van der Waals surface area contributed by atoms with Gasteiger partial charge in [-0.05, 0) is 37.1 Å². The van der Waals surface area contributed by atoms with E-state index in [-0.39, 0.29) is 18.1 Å². The summed E-state index contributed by atoms with van der Waals surface area (Å²) in [5.41, 5.74) is 11.9. The molecule has 37 heavy (non-hydrogen) atoms. The second-order valence-electron chi connectivity index (χ2n) is 10.0. The summed E-state index contributed by atoms with van der Waals surface area (Å²) in [5.74, 6) is 0.761. The number of nitrogens with two attached hydrogens (primary N) is 1. The maximum absolute atomic E-state index is 13.4. The minimum atomic E-state index is -0.101. The van der Waals surface area contributed by atoms with E-state index in [1.54, 1.807) is 12.4 Å². The first-order valence-corrected chi connectivity index (χ1v) is 12.9. The van der Waals surface area contributed by atoms with Crippen LogP contribution in [0.5, 0.6) is 5.75 Å². The van der Waals surface area contributed by atoms with E-state index in [4.69, 9.17) is 10.5 Å². The number of carbonyl (C=O) groups excluding carboxylic acids is 1. The number of amides is 1. The minimum absolute atomic E-state index is 0.0111. The van der Waals surface area contributed by atoms with Gasteiger partial charge in [0.2, 0.25) is 0 Å². The van der Waals surface area contributed by atoms with Gasteiger partial charge in [-0.15, -0.1) is 0 Å². The molecule has 5 heterocycles. The monoisotopic (exact) mass is 495 g/mol. The van der Waals surface area contributed by atoms with Crippen molar-refractivity contribution >= 4 is 28.2 Å². The largest absolute Gasteiger partial charge is 0.489 e. The molecule has 2 aromatic carbocycles. The normalized spacial score (nSPS) is 20.5. The third kappa shape index (κ3) is 3.77. The van der Waals surface area contributed by atoms with Gasteiger partial charge in [0.1, 0.15) is 24.2 Å². The molecule has 9 heteroatoms. The summed E-state index contributed by atoms with van der Waals surface area (Å²) in [6.07, 6.45) is 7.03. The Hall–Kier alpha value is -4.11. The van der Waals surface area contributed by atoms with Crippen molar-refractivity contribution < 1.29 is 9.53 Å². The Kier molecular flexibility index (Phi) is 5.24. The molecule has 188 valence electrons. The fraction of sp³-hybridized carbons (Fsp3) is 0.321. The average molecular weight is 496 g/mol. The van der Waals surface area contributed by atoms with Crippen molar-refractivity contribution in [1.82, 2.24) is 19.4 Å². The number of carbonyl (C=O) groups is 1. The lowest BCUT2D eigenvalue weighted by Gasteiger charge is -2.33. The predicted molar refractivity (Wildman–Crippen MR) is 142 cm³/mol. The SMILES string of the molecule is NC1CCCN(C(=O)c2cc3c4c(c2)OCCN4[C@H](c2cc4ccccc4n2Cc2cnccn2)N3)C1. The van der Waals surface area contributed by atoms with Crippen LogP contribution in [-0.4, -0.2) is 57.6 Å². The van der Waals surface area contributed by atoms with Crippen molar-refractivity contribution in [2.75, 3.05) is 36.5 Å². The summed E-state index contributed by atoms with van der Waals surface area (Å²) in [4.78, 5) is 26.4. The van der Waals surface area contributed by atoms with Crippen LogP contribution in [0, 0.1) is 0 Å². The maximum Gasteiger partial charge on any atom is 0.254 e. The highest BCUT2D eigenvalue weighted by molar-refractivity contribution is 5.99. The van der Waals surface area contributed by atoms with Crippen LogP contribution in [0.2, 0.25) is 0 Å². The van der Waals surface area contributed by atoms with Gasteiger partial charge in [-0.1, -0.05) is 18.2 Å². The first-order chi connectivity index (χ1) is 18.2. The van der Waals surface area contributed by atoms with E-state index < -0.39 is 0 Å². The molecule has 7 rings (SSSR count). The topological polar surface area (TPSA) is 102 Å². The molecule has 0 saturated carbocycles. The highest BCUT2D eigenvalue weighted by Crippen LogP contribution is 2.50. The molecule has 0 radical (unpaired) electrons. The number of anilines is 2. The van der Waals surface area contributed by atoms with Gasteiger partial charge in [0.15, 0.2) is 0 Å². The molecule has 2 aromatic heterocycles. The first kappa shape index (κ1) is 22.1. The molecule has 1 amide bonds. The van der Waals surface area contributed by atoms with Crippen molar-refractivity contribution in [2.45, 2.75) is 31.6 Å². The molecule has 1 unspecified atom stereocenters. The van der Waals surface area contributed by atoms with Crippen LogP contribution >= 0.6 is 0 Å². The summed E-state index contributed by atoms with van der Waals surface area (Å²) in [5, 5.41) is 4.89. The van der Waals surface area contributed by atoms with Crippen molar-refractivity contribution in [3.8, 4) is 5.75 Å². The van der Waals surface area contributed by atoms with Gasteiger partial charge >= 0.3 is 0 Å². The molecule has 3 N–H and O–H groups in total. The molecule has 0 spiro atoms. The Morgan fingerprint density at radius 3 is 2.95 bits per heavy atom. The predicted octanol–water partition coefficient (Wildman–Crippen LogP) is 3.37. The van der Waals surface area contributed by atoms with E-state index in [1.165, 1.54) is 5.39 Å². The molecular weight excluding hydrogens is 466 g/mol. The van der Waals surface area contributed by atoms with E-state index in [9.17, 15) is 4.79 Å². The zero-order valence-corrected chi connectivity index (χ0v) is 20.5. The number of ether oxygens (including phenoxy) is 1. The Balaban J connectivity index is 1.27. The lowest BCUT2D eigenvalue weighted by atomic mass is 10.0. The Bertz CT molecular complexity index is 1480. The summed E-state index contributed by atoms with van der Waals surface area (Å²) >= 11 is 0. The quantitative estimate of drug-likeness (QED) is 0.448. The first-order valence-electron chi connectivity index (χ1n) is 12.9. The molecule has 1 fully saturated rings. The number of benzene rings is 2. The van der Waals surface area contributed by atoms with Crippen LogP contribution in [0.25, 0.3) is 10.9 Å². The molecule has 3 aliphatic heterocycles. The third-order valence-electron chi connectivity index (χ3n) is 7.61. The Morgan fingerprint density at radius 2 is 2.08 bits per heavy atom. The second kappa shape index (κ2) is 8.77. The number of aromatic nitrogens is 3. The molecule has 9 nitrogen and oxygen atoms in total. The summed E-state index contributed by atoms with van der Waals surface area (Å²) in [7, 11) is 0. The molecule has 0 bridgehead atoms. The molecule has 1 saturated heterocycles. The Labute approximate surface area is 214 Å². The maximum atomic E-state index is 13.4. The number of nitrogens with one attached hydrogen (secondary N) is 1. The highest BCUT2D eigenvalue weighted by atomic mass is 16.5. The van der Waals surface area contributed by atoms with E-state index in [0.717, 1.165) is 60.0 Å². The summed E-state index contributed by atoms with van der Waals surface area (Å²) < 4.78 is 8.39. The standard InChI is InChI=1S/C28H29N7O2/c29-20-5-3-9-33(16-20)28(36)19-12-22-26-25(14-19)37-11-10-34(26)27(32-22)24-13-18-4-1-2-6-23(18)35(24)17-21-15-30-7-8-31-21/h1-2,4,6-8,12-15,20,27,32H,3,5,9-11,16-17,29H2/t20?,27-/m1/s1. The van der Waals surface area contributed by atoms with E-state index in [1.807, 2.05) is 23.2 Å². The van der Waals surface area contributed by atoms with Crippen molar-refractivity contribution in [2.24, 2.45) is 5.73 Å². The number of piperidine rings is 1. The van der Waals surface area contributed by atoms with Gasteiger partial charge in [-0.25, -0.2) is 0 Å². The lowest BCUT2D eigenvalue weighted by Crippen LogP contribution is -2.45. The van der Waals surface area contributed by atoms with E-state index >= 15 is 0 Å². The van der Waals surface area contributed by atoms with Crippen LogP contribution in [-0.2, 0) is 6.54 Å². The van der Waals surface area contributed by atoms with Crippen molar-refractivity contribution in [1.29, 1.82) is 0 Å². The Morgan fingerprint density at radius 1 is 1.16 bits per heavy atom. The summed E-state index contributed by atoms with van der Waals surface area (Å²) in [6.45, 7) is 3.25. The van der Waals surface area contributed by atoms with Crippen LogP contribution in [0.4, 0.5) is 11.4 Å². The number of fused-ring (bicyclic) bond motifs is 1. The van der Waals surface area contributed by atoms with Crippen molar-refractivity contribution in [3.05, 3.63) is 78.0 Å². The smallest absolute Gasteiger partial charge is 0.254 e. The number of nitrogens with zero attached hydrogens (tertiary/aromatic N) is 5. The van der Waals surface area contributed by atoms with Gasteiger partial charge in [-0.2, -0.15) is 0 Å². The van der Waals surface area contributed by atoms with Crippen LogP contribution < -0.4 is 20.7 Å². The average Bonchev–Trinajstić information content (AvgIpc) is 3.48. The molecule has 4 aromatic rings. The minimum Gasteiger partial charge on any atom is -0.489 e. The van der Waals surface area contributed by atoms with Gasteiger partial charge in [0.05, 0.1) is 36.4 Å². The second-order valence-corrected chi connectivity index (χ2v) is 10.0. The third-order valence-corrected chi connectivity index (χ3v) is 7.61. The number of likely N-dealkylation sites (tertiary alicyclic amines) is 1. The highest BCUT2D eigenvalue weighted by Gasteiger charge is 2.38. The van der Waals surface area contributed by atoms with Gasteiger partial charge in [0.25, 0.3) is 5.91 Å². The molecule has 3 aliphatic rings. The lowest BCUT2D eigenvalue weighted by molar-refractivity contribution is 0.0708.